The molecule has 1 aromatic heterocycles. The van der Waals surface area contributed by atoms with Crippen LogP contribution in [0.4, 0.5) is 0 Å². The van der Waals surface area contributed by atoms with Crippen LogP contribution in [0.3, 0.4) is 0 Å². The zero-order valence-corrected chi connectivity index (χ0v) is 10.1. The fraction of sp³-hybridized carbons (Fsp3) is 0.385. The van der Waals surface area contributed by atoms with E-state index in [1.54, 1.807) is 0 Å². The molecule has 0 saturated heterocycles. The highest BCUT2D eigenvalue weighted by Gasteiger charge is 2.08. The molecule has 3 nitrogen and oxygen atoms in total. The maximum Gasteiger partial charge on any atom is 0.0719 e. The minimum atomic E-state index is 0.563. The molecule has 0 aliphatic heterocycles. The van der Waals surface area contributed by atoms with Crippen LogP contribution in [0.5, 0.6) is 0 Å². The van der Waals surface area contributed by atoms with Crippen molar-refractivity contribution in [1.29, 1.82) is 0 Å². The Labute approximate surface area is 95.8 Å². The van der Waals surface area contributed by atoms with Crippen LogP contribution in [0, 0.1) is 13.8 Å². The summed E-state index contributed by atoms with van der Waals surface area (Å²) in [7, 11) is 2.11. The minimum absolute atomic E-state index is 0.563. The van der Waals surface area contributed by atoms with Gasteiger partial charge in [0.15, 0.2) is 0 Å². The average molecular weight is 218 g/mol. The maximum absolute atomic E-state index is 5.04. The number of nitrogens with zero attached hydrogens (tertiary/aromatic N) is 1. The van der Waals surface area contributed by atoms with Crippen molar-refractivity contribution >= 4 is 10.9 Å². The maximum atomic E-state index is 5.04. The van der Waals surface area contributed by atoms with Crippen LogP contribution >= 0.6 is 0 Å². The van der Waals surface area contributed by atoms with E-state index in [1.807, 2.05) is 0 Å². The normalized spacial score (nSPS) is 11.2. The fourth-order valence-electron chi connectivity index (χ4n) is 2.13. The van der Waals surface area contributed by atoms with Crippen LogP contribution in [0.25, 0.3) is 10.9 Å². The van der Waals surface area contributed by atoms with Gasteiger partial charge in [0.25, 0.3) is 0 Å². The van der Waals surface area contributed by atoms with Gasteiger partial charge in [-0.05, 0) is 37.5 Å². The second kappa shape index (κ2) is 4.28. The Morgan fingerprint density at radius 1 is 1.31 bits per heavy atom. The molecule has 2 N–H and O–H groups in total. The van der Waals surface area contributed by atoms with Crippen molar-refractivity contribution in [1.82, 2.24) is 4.57 Å². The lowest BCUT2D eigenvalue weighted by Gasteiger charge is -2.02. The predicted molar refractivity (Wildman–Crippen MR) is 66.2 cm³/mol. The first-order valence-corrected chi connectivity index (χ1v) is 5.51. The summed E-state index contributed by atoms with van der Waals surface area (Å²) in [5, 5.41) is 1.33. The summed E-state index contributed by atoms with van der Waals surface area (Å²) < 4.78 is 2.23. The van der Waals surface area contributed by atoms with E-state index in [-0.39, 0.29) is 0 Å². The monoisotopic (exact) mass is 218 g/mol. The summed E-state index contributed by atoms with van der Waals surface area (Å²) in [5.41, 5.74) is 5.23. The van der Waals surface area contributed by atoms with Gasteiger partial charge in [0.1, 0.15) is 0 Å². The number of fused-ring (bicyclic) bond motifs is 1. The van der Waals surface area contributed by atoms with Gasteiger partial charge in [-0.25, -0.2) is 5.90 Å². The molecule has 0 fully saturated rings. The fourth-order valence-corrected chi connectivity index (χ4v) is 2.13. The van der Waals surface area contributed by atoms with E-state index in [1.165, 1.54) is 27.7 Å². The molecule has 86 valence electrons. The van der Waals surface area contributed by atoms with E-state index in [9.17, 15) is 0 Å². The van der Waals surface area contributed by atoms with Crippen LogP contribution in [0.15, 0.2) is 18.2 Å². The lowest BCUT2D eigenvalue weighted by molar-refractivity contribution is 0.141. The van der Waals surface area contributed by atoms with Crippen LogP contribution in [-0.2, 0) is 18.3 Å². The first-order valence-electron chi connectivity index (χ1n) is 5.51. The van der Waals surface area contributed by atoms with E-state index in [0.29, 0.717) is 6.61 Å². The first kappa shape index (κ1) is 11.2. The van der Waals surface area contributed by atoms with E-state index in [4.69, 9.17) is 5.90 Å². The number of aryl methyl sites for hydroxylation is 2. The Balaban J connectivity index is 2.49. The highest BCUT2D eigenvalue weighted by atomic mass is 16.6. The molecule has 0 saturated carbocycles. The van der Waals surface area contributed by atoms with Gasteiger partial charge in [0.2, 0.25) is 0 Å². The van der Waals surface area contributed by atoms with Crippen molar-refractivity contribution in [2.24, 2.45) is 12.9 Å². The standard InChI is InChI=1S/C13H18N2O/c1-9-10(2)15(3)13-8-11(6-7-16-14)4-5-12(9)13/h4-5,8H,6-7,14H2,1-3H3. The second-order valence-corrected chi connectivity index (χ2v) is 4.24. The third-order valence-electron chi connectivity index (χ3n) is 3.38. The molecule has 2 aromatic rings. The van der Waals surface area contributed by atoms with Gasteiger partial charge in [-0.2, -0.15) is 0 Å². The molecule has 0 amide bonds. The quantitative estimate of drug-likeness (QED) is 0.802. The Morgan fingerprint density at radius 2 is 2.06 bits per heavy atom. The molecule has 0 bridgehead atoms. The summed E-state index contributed by atoms with van der Waals surface area (Å²) in [6, 6.07) is 6.55. The van der Waals surface area contributed by atoms with Crippen LogP contribution in [-0.4, -0.2) is 11.2 Å². The molecular weight excluding hydrogens is 200 g/mol. The Morgan fingerprint density at radius 3 is 2.75 bits per heavy atom. The molecule has 1 heterocycles. The predicted octanol–water partition coefficient (Wildman–Crippen LogP) is 2.23. The van der Waals surface area contributed by atoms with Crippen molar-refractivity contribution < 1.29 is 4.84 Å². The summed E-state index contributed by atoms with van der Waals surface area (Å²) in [6.07, 6.45) is 0.857. The van der Waals surface area contributed by atoms with Gasteiger partial charge >= 0.3 is 0 Å². The summed E-state index contributed by atoms with van der Waals surface area (Å²) in [4.78, 5) is 4.61. The summed E-state index contributed by atoms with van der Waals surface area (Å²) >= 11 is 0. The van der Waals surface area contributed by atoms with Crippen LogP contribution < -0.4 is 5.90 Å². The zero-order chi connectivity index (χ0) is 11.7. The second-order valence-electron chi connectivity index (χ2n) is 4.24. The van der Waals surface area contributed by atoms with Crippen molar-refractivity contribution in [3.8, 4) is 0 Å². The summed E-state index contributed by atoms with van der Waals surface area (Å²) in [6.45, 7) is 4.88. The Bertz CT molecular complexity index is 514. The van der Waals surface area contributed by atoms with E-state index >= 15 is 0 Å². The largest absolute Gasteiger partial charge is 0.348 e. The van der Waals surface area contributed by atoms with Crippen molar-refractivity contribution in [3.05, 3.63) is 35.0 Å². The zero-order valence-electron chi connectivity index (χ0n) is 10.1. The third kappa shape index (κ3) is 1.72. The van der Waals surface area contributed by atoms with E-state index in [2.05, 4.69) is 48.5 Å². The van der Waals surface area contributed by atoms with Crippen LogP contribution in [0.2, 0.25) is 0 Å². The van der Waals surface area contributed by atoms with Crippen molar-refractivity contribution in [2.45, 2.75) is 20.3 Å². The Hall–Kier alpha value is -1.32. The highest BCUT2D eigenvalue weighted by molar-refractivity contribution is 5.85. The third-order valence-corrected chi connectivity index (χ3v) is 3.38. The number of aromatic nitrogens is 1. The van der Waals surface area contributed by atoms with E-state index < -0.39 is 0 Å². The highest BCUT2D eigenvalue weighted by Crippen LogP contribution is 2.25. The average Bonchev–Trinajstić information content (AvgIpc) is 2.52. The number of hydrogen-bond acceptors (Lipinski definition) is 2. The van der Waals surface area contributed by atoms with Crippen molar-refractivity contribution in [3.63, 3.8) is 0 Å². The molecular formula is C13H18N2O. The number of benzene rings is 1. The summed E-state index contributed by atoms with van der Waals surface area (Å²) in [5.74, 6) is 5.04. The SMILES string of the molecule is Cc1c(C)n(C)c2cc(CCON)ccc12. The molecule has 2 rings (SSSR count). The molecule has 0 radical (unpaired) electrons. The van der Waals surface area contributed by atoms with Crippen LogP contribution in [0.1, 0.15) is 16.8 Å². The van der Waals surface area contributed by atoms with Gasteiger partial charge in [-0.3, -0.25) is 0 Å². The number of nitrogens with two attached hydrogens (primary N) is 1. The minimum Gasteiger partial charge on any atom is -0.348 e. The van der Waals surface area contributed by atoms with Gasteiger partial charge in [-0.15, -0.1) is 0 Å². The topological polar surface area (TPSA) is 40.2 Å². The molecule has 16 heavy (non-hydrogen) atoms. The van der Waals surface area contributed by atoms with Gasteiger partial charge in [0, 0.05) is 23.6 Å². The molecule has 0 atom stereocenters. The smallest absolute Gasteiger partial charge is 0.0719 e. The lowest BCUT2D eigenvalue weighted by atomic mass is 10.1. The molecule has 0 unspecified atom stereocenters. The molecule has 0 aliphatic rings. The molecule has 0 aliphatic carbocycles. The molecule has 0 spiro atoms. The van der Waals surface area contributed by atoms with Crippen molar-refractivity contribution in [2.75, 3.05) is 6.61 Å². The lowest BCUT2D eigenvalue weighted by Crippen LogP contribution is -2.03. The van der Waals surface area contributed by atoms with Gasteiger partial charge in [-0.1, -0.05) is 12.1 Å². The van der Waals surface area contributed by atoms with Gasteiger partial charge in [0.05, 0.1) is 6.61 Å². The Kier molecular flexibility index (Phi) is 2.99. The van der Waals surface area contributed by atoms with E-state index in [0.717, 1.165) is 6.42 Å². The first-order chi connectivity index (χ1) is 7.65. The van der Waals surface area contributed by atoms with Gasteiger partial charge < -0.3 is 9.40 Å². The molecule has 1 aromatic carbocycles. The number of rotatable bonds is 3. The number of hydrogen-bond donors (Lipinski definition) is 1. The molecule has 3 heteroatoms.